The molecule has 2 bridgehead atoms. The van der Waals surface area contributed by atoms with Crippen LogP contribution in [0.1, 0.15) is 46.5 Å². The molecule has 0 radical (unpaired) electrons. The smallest absolute Gasteiger partial charge is 0.201 e. The van der Waals surface area contributed by atoms with Gasteiger partial charge in [-0.2, -0.15) is 0 Å². The average Bonchev–Trinajstić information content (AvgIpc) is 2.63. The fourth-order valence-electron chi connectivity index (χ4n) is 4.89. The number of aliphatic hydroxyl groups is 1. The number of fused-ring (bicyclic) bond motifs is 2. The molecular weight excluding hydrogens is 260 g/mol. The van der Waals surface area contributed by atoms with Crippen molar-refractivity contribution in [1.82, 2.24) is 0 Å². The zero-order chi connectivity index (χ0) is 14.1. The van der Waals surface area contributed by atoms with Gasteiger partial charge in [0, 0.05) is 18.3 Å². The highest BCUT2D eigenvalue weighted by atomic mass is 17.3. The summed E-state index contributed by atoms with van der Waals surface area (Å²) in [5, 5.41) is 10.2. The highest BCUT2D eigenvalue weighted by Crippen LogP contribution is 2.60. The van der Waals surface area contributed by atoms with E-state index < -0.39 is 24.0 Å². The van der Waals surface area contributed by atoms with Gasteiger partial charge < -0.3 is 14.6 Å². The molecule has 20 heavy (non-hydrogen) atoms. The van der Waals surface area contributed by atoms with E-state index in [9.17, 15) is 5.11 Å². The van der Waals surface area contributed by atoms with Gasteiger partial charge in [-0.3, -0.25) is 0 Å². The normalized spacial score (nSPS) is 61.8. The first kappa shape index (κ1) is 13.5. The number of hydrogen-bond donors (Lipinski definition) is 1. The molecule has 5 aliphatic rings. The fraction of sp³-hybridized carbons (Fsp3) is 1.00. The van der Waals surface area contributed by atoms with Gasteiger partial charge in [-0.05, 0) is 38.0 Å². The van der Waals surface area contributed by atoms with Gasteiger partial charge in [0.1, 0.15) is 0 Å². The molecule has 2 unspecified atom stereocenters. The Labute approximate surface area is 119 Å². The maximum Gasteiger partial charge on any atom is 0.201 e. The second kappa shape index (κ2) is 4.17. The molecule has 4 aliphatic heterocycles. The first-order chi connectivity index (χ1) is 9.46. The van der Waals surface area contributed by atoms with Crippen LogP contribution in [-0.4, -0.2) is 29.1 Å². The van der Waals surface area contributed by atoms with Crippen molar-refractivity contribution in [3.8, 4) is 0 Å². The Hall–Kier alpha value is -0.200. The molecule has 4 saturated heterocycles. The van der Waals surface area contributed by atoms with Gasteiger partial charge in [0.05, 0.1) is 0 Å². The lowest BCUT2D eigenvalue weighted by Gasteiger charge is -2.59. The van der Waals surface area contributed by atoms with E-state index in [-0.39, 0.29) is 11.8 Å². The number of rotatable bonds is 0. The average molecular weight is 284 g/mol. The summed E-state index contributed by atoms with van der Waals surface area (Å²) < 4.78 is 11.9. The monoisotopic (exact) mass is 284 g/mol. The minimum absolute atomic E-state index is 0.0379. The van der Waals surface area contributed by atoms with Gasteiger partial charge in [-0.1, -0.05) is 13.8 Å². The van der Waals surface area contributed by atoms with Crippen molar-refractivity contribution in [1.29, 1.82) is 0 Å². The van der Waals surface area contributed by atoms with Crippen LogP contribution in [0.25, 0.3) is 0 Å². The molecule has 1 saturated carbocycles. The van der Waals surface area contributed by atoms with E-state index in [0.717, 1.165) is 19.3 Å². The van der Waals surface area contributed by atoms with Crippen molar-refractivity contribution in [3.05, 3.63) is 0 Å². The summed E-state index contributed by atoms with van der Waals surface area (Å²) in [6.45, 7) is 6.22. The van der Waals surface area contributed by atoms with Crippen molar-refractivity contribution < 1.29 is 24.4 Å². The molecule has 5 nitrogen and oxygen atoms in total. The second-order valence-electron chi connectivity index (χ2n) is 7.30. The van der Waals surface area contributed by atoms with Gasteiger partial charge in [0.15, 0.2) is 18.2 Å². The van der Waals surface area contributed by atoms with E-state index in [1.54, 1.807) is 0 Å². The van der Waals surface area contributed by atoms with E-state index in [2.05, 4.69) is 6.92 Å². The largest absolute Gasteiger partial charge is 0.368 e. The maximum absolute atomic E-state index is 10.2. The molecule has 1 spiro atoms. The summed E-state index contributed by atoms with van der Waals surface area (Å²) in [7, 11) is 0. The first-order valence-corrected chi connectivity index (χ1v) is 7.84. The van der Waals surface area contributed by atoms with Crippen LogP contribution in [0.4, 0.5) is 0 Å². The molecule has 0 amide bonds. The number of ether oxygens (including phenoxy) is 2. The zero-order valence-corrected chi connectivity index (χ0v) is 12.4. The molecule has 0 aromatic heterocycles. The van der Waals surface area contributed by atoms with Crippen LogP contribution in [0, 0.1) is 23.7 Å². The van der Waals surface area contributed by atoms with Crippen LogP contribution < -0.4 is 0 Å². The molecule has 8 atom stereocenters. The van der Waals surface area contributed by atoms with Crippen LogP contribution >= 0.6 is 0 Å². The summed E-state index contributed by atoms with van der Waals surface area (Å²) in [5.74, 6) is 0.437. The van der Waals surface area contributed by atoms with Crippen LogP contribution in [-0.2, 0) is 19.2 Å². The molecule has 0 aromatic carbocycles. The lowest BCUT2D eigenvalue weighted by atomic mass is 9.58. The second-order valence-corrected chi connectivity index (χ2v) is 7.30. The van der Waals surface area contributed by atoms with Gasteiger partial charge >= 0.3 is 0 Å². The van der Waals surface area contributed by atoms with Crippen molar-refractivity contribution in [2.75, 3.05) is 0 Å². The lowest BCUT2D eigenvalue weighted by Crippen LogP contribution is -2.70. The van der Waals surface area contributed by atoms with Crippen LogP contribution in [0.5, 0.6) is 0 Å². The summed E-state index contributed by atoms with van der Waals surface area (Å²) in [6.07, 6.45) is 2.72. The molecule has 114 valence electrons. The predicted molar refractivity (Wildman–Crippen MR) is 69.0 cm³/mol. The van der Waals surface area contributed by atoms with E-state index >= 15 is 0 Å². The van der Waals surface area contributed by atoms with Gasteiger partial charge in [0.2, 0.25) is 5.79 Å². The molecule has 5 rings (SSSR count). The van der Waals surface area contributed by atoms with Crippen LogP contribution in [0.2, 0.25) is 0 Å². The van der Waals surface area contributed by atoms with Crippen molar-refractivity contribution in [2.45, 2.75) is 70.4 Å². The quantitative estimate of drug-likeness (QED) is 0.691. The molecule has 5 heteroatoms. The number of hydrogen-bond acceptors (Lipinski definition) is 5. The van der Waals surface area contributed by atoms with Gasteiger partial charge in [-0.25, -0.2) is 9.78 Å². The minimum Gasteiger partial charge on any atom is -0.368 e. The highest BCUT2D eigenvalue weighted by molar-refractivity contribution is 5.08. The van der Waals surface area contributed by atoms with Crippen LogP contribution in [0.15, 0.2) is 0 Å². The summed E-state index contributed by atoms with van der Waals surface area (Å²) in [5.41, 5.74) is -0.549. The zero-order valence-electron chi connectivity index (χ0n) is 12.4. The Morgan fingerprint density at radius 3 is 2.65 bits per heavy atom. The van der Waals surface area contributed by atoms with Crippen molar-refractivity contribution in [2.24, 2.45) is 23.7 Å². The molecule has 0 aromatic rings. The van der Waals surface area contributed by atoms with Gasteiger partial charge in [-0.15, -0.1) is 0 Å². The summed E-state index contributed by atoms with van der Waals surface area (Å²) in [6, 6.07) is 0. The molecular formula is C15H24O5. The summed E-state index contributed by atoms with van der Waals surface area (Å²) >= 11 is 0. The Kier molecular flexibility index (Phi) is 2.81. The molecule has 1 N–H and O–H groups in total. The fourth-order valence-corrected chi connectivity index (χ4v) is 4.89. The van der Waals surface area contributed by atoms with Crippen molar-refractivity contribution in [3.63, 3.8) is 0 Å². The van der Waals surface area contributed by atoms with E-state index in [1.807, 2.05) is 13.8 Å². The summed E-state index contributed by atoms with van der Waals surface area (Å²) in [4.78, 5) is 11.6. The molecule has 4 heterocycles. The van der Waals surface area contributed by atoms with Crippen molar-refractivity contribution >= 4 is 0 Å². The van der Waals surface area contributed by atoms with E-state index in [1.165, 1.54) is 6.42 Å². The van der Waals surface area contributed by atoms with E-state index in [0.29, 0.717) is 11.8 Å². The third-order valence-electron chi connectivity index (χ3n) is 6.12. The maximum atomic E-state index is 10.2. The lowest BCUT2D eigenvalue weighted by molar-refractivity contribution is -0.576. The third kappa shape index (κ3) is 1.56. The molecule has 1 aliphatic carbocycles. The Bertz CT molecular complexity index is 411. The Morgan fingerprint density at radius 1 is 1.05 bits per heavy atom. The van der Waals surface area contributed by atoms with Gasteiger partial charge in [0.25, 0.3) is 0 Å². The SMILES string of the molecule is C[C@H]1[C@@H](O)O[C@@H]2OC3(C)CC[C@H]4[C@H](C)CC[C@@H]1C24OO3. The highest BCUT2D eigenvalue weighted by Gasteiger charge is 2.69. The number of aliphatic hydroxyl groups excluding tert-OH is 1. The standard InChI is InChI=1S/C15H24O5/c1-8-4-5-11-9(2)12(16)17-13-15(11)10(8)6-7-14(3,18-13)19-20-15/h8-13,16H,4-7H2,1-3H3/t8-,9-,10+,11+,12+,13-,14?,15?/m1/s1. The Balaban J connectivity index is 1.82. The topological polar surface area (TPSA) is 57.2 Å². The van der Waals surface area contributed by atoms with E-state index in [4.69, 9.17) is 19.2 Å². The predicted octanol–water partition coefficient (Wildman–Crippen LogP) is 2.19. The molecule has 5 fully saturated rings. The van der Waals surface area contributed by atoms with Crippen LogP contribution in [0.3, 0.4) is 0 Å². The minimum atomic E-state index is -0.781. The third-order valence-corrected chi connectivity index (χ3v) is 6.12. The Morgan fingerprint density at radius 2 is 1.85 bits per heavy atom. The first-order valence-electron chi connectivity index (χ1n) is 7.84.